The fraction of sp³-hybridized carbons (Fsp3) is 0.667. The Labute approximate surface area is 120 Å². The Kier molecular flexibility index (Phi) is 11.7. The second-order valence-corrected chi connectivity index (χ2v) is 5.30. The number of hydrogen-bond acceptors (Lipinski definition) is 1. The molecule has 1 N–H and O–H groups in total. The van der Waals surface area contributed by atoms with E-state index >= 15 is 0 Å². The van der Waals surface area contributed by atoms with Crippen LogP contribution >= 0.6 is 0 Å². The van der Waals surface area contributed by atoms with Gasteiger partial charge in [0.1, 0.15) is 0 Å². The van der Waals surface area contributed by atoms with Crippen LogP contribution in [-0.2, 0) is 0 Å². The van der Waals surface area contributed by atoms with Gasteiger partial charge in [0.15, 0.2) is 0 Å². The van der Waals surface area contributed by atoms with Gasteiger partial charge in [0.05, 0.1) is 0 Å². The van der Waals surface area contributed by atoms with Crippen molar-refractivity contribution in [3.63, 3.8) is 0 Å². The molecule has 0 rings (SSSR count). The Morgan fingerprint density at radius 3 is 2.42 bits per heavy atom. The molecule has 0 saturated heterocycles. The van der Waals surface area contributed by atoms with E-state index in [0.29, 0.717) is 5.92 Å². The second-order valence-electron chi connectivity index (χ2n) is 5.30. The first kappa shape index (κ1) is 18.2. The van der Waals surface area contributed by atoms with E-state index in [9.17, 15) is 0 Å². The first-order valence-corrected chi connectivity index (χ1v) is 7.87. The summed E-state index contributed by atoms with van der Waals surface area (Å²) in [6, 6.07) is 0. The van der Waals surface area contributed by atoms with Gasteiger partial charge < -0.3 is 5.32 Å². The maximum atomic E-state index is 3.48. The van der Waals surface area contributed by atoms with Gasteiger partial charge in [-0.2, -0.15) is 0 Å². The molecule has 19 heavy (non-hydrogen) atoms. The van der Waals surface area contributed by atoms with Crippen molar-refractivity contribution in [1.82, 2.24) is 5.32 Å². The van der Waals surface area contributed by atoms with Gasteiger partial charge >= 0.3 is 0 Å². The zero-order chi connectivity index (χ0) is 14.5. The molecule has 0 amide bonds. The van der Waals surface area contributed by atoms with Crippen molar-refractivity contribution in [2.24, 2.45) is 5.92 Å². The van der Waals surface area contributed by atoms with E-state index in [0.717, 1.165) is 13.1 Å². The summed E-state index contributed by atoms with van der Waals surface area (Å²) < 4.78 is 0. The normalized spacial score (nSPS) is 15.2. The third-order valence-electron chi connectivity index (χ3n) is 3.38. The highest BCUT2D eigenvalue weighted by Crippen LogP contribution is 2.16. The van der Waals surface area contributed by atoms with Gasteiger partial charge in [0, 0.05) is 0 Å². The quantitative estimate of drug-likeness (QED) is 0.419. The molecule has 0 aliphatic heterocycles. The molecule has 0 aliphatic rings. The molecule has 0 aromatic carbocycles. The van der Waals surface area contributed by atoms with Crippen molar-refractivity contribution in [2.45, 2.75) is 60.3 Å². The van der Waals surface area contributed by atoms with Crippen molar-refractivity contribution < 1.29 is 0 Å². The van der Waals surface area contributed by atoms with Crippen LogP contribution in [0.4, 0.5) is 0 Å². The van der Waals surface area contributed by atoms with Gasteiger partial charge in [-0.3, -0.25) is 0 Å². The van der Waals surface area contributed by atoms with E-state index in [1.54, 1.807) is 0 Å². The Morgan fingerprint density at radius 1 is 1.11 bits per heavy atom. The van der Waals surface area contributed by atoms with E-state index in [1.165, 1.54) is 36.8 Å². The maximum absolute atomic E-state index is 3.48. The van der Waals surface area contributed by atoms with Gasteiger partial charge in [0.25, 0.3) is 0 Å². The lowest BCUT2D eigenvalue weighted by molar-refractivity contribution is 0.560. The molecule has 0 radical (unpaired) electrons. The summed E-state index contributed by atoms with van der Waals surface area (Å²) in [6.07, 6.45) is 13.9. The molecule has 1 atom stereocenters. The average molecular weight is 263 g/mol. The molecule has 110 valence electrons. The number of nitrogens with one attached hydrogen (secondary N) is 1. The maximum Gasteiger partial charge on any atom is -0.00432 e. The Hall–Kier alpha value is -0.820. The molecule has 0 heterocycles. The number of unbranched alkanes of at least 4 members (excludes halogenated alkanes) is 1. The minimum atomic E-state index is 0.629. The largest absolute Gasteiger partial charge is 0.317 e. The third kappa shape index (κ3) is 9.72. The summed E-state index contributed by atoms with van der Waals surface area (Å²) in [5.41, 5.74) is 2.82. The number of allylic oxidation sites excluding steroid dienone is 6. The van der Waals surface area contributed by atoms with Crippen LogP contribution in [0, 0.1) is 5.92 Å². The van der Waals surface area contributed by atoms with Crippen LogP contribution in [0.15, 0.2) is 35.5 Å². The van der Waals surface area contributed by atoms with Crippen molar-refractivity contribution in [3.8, 4) is 0 Å². The van der Waals surface area contributed by atoms with Crippen LogP contribution in [-0.4, -0.2) is 13.1 Å². The van der Waals surface area contributed by atoms with Crippen molar-refractivity contribution in [1.29, 1.82) is 0 Å². The van der Waals surface area contributed by atoms with Crippen molar-refractivity contribution in [3.05, 3.63) is 35.5 Å². The van der Waals surface area contributed by atoms with E-state index < -0.39 is 0 Å². The van der Waals surface area contributed by atoms with Crippen LogP contribution in [0.1, 0.15) is 60.3 Å². The molecule has 1 heteroatoms. The first-order valence-electron chi connectivity index (χ1n) is 7.87. The van der Waals surface area contributed by atoms with Crippen LogP contribution in [0.5, 0.6) is 0 Å². The Balaban J connectivity index is 4.22. The summed E-state index contributed by atoms with van der Waals surface area (Å²) in [5, 5.41) is 3.48. The molecule has 0 saturated carbocycles. The van der Waals surface area contributed by atoms with Crippen LogP contribution in [0.2, 0.25) is 0 Å². The Morgan fingerprint density at radius 2 is 1.84 bits per heavy atom. The highest BCUT2D eigenvalue weighted by molar-refractivity contribution is 5.27. The molecule has 0 fully saturated rings. The lowest BCUT2D eigenvalue weighted by Crippen LogP contribution is -2.18. The van der Waals surface area contributed by atoms with E-state index in [-0.39, 0.29) is 0 Å². The number of rotatable bonds is 10. The average Bonchev–Trinajstić information content (AvgIpc) is 2.42. The third-order valence-corrected chi connectivity index (χ3v) is 3.38. The SMILES string of the molecule is C\C=C(/C=C\C(C)=C\CCC)C(C)CCNCCC. The van der Waals surface area contributed by atoms with E-state index in [1.807, 2.05) is 0 Å². The highest BCUT2D eigenvalue weighted by Gasteiger charge is 2.04. The van der Waals surface area contributed by atoms with Crippen LogP contribution in [0.3, 0.4) is 0 Å². The minimum Gasteiger partial charge on any atom is -0.317 e. The fourth-order valence-corrected chi connectivity index (χ4v) is 2.00. The molecular weight excluding hydrogens is 230 g/mol. The summed E-state index contributed by atoms with van der Waals surface area (Å²) in [4.78, 5) is 0. The predicted octanol–water partition coefficient (Wildman–Crippen LogP) is 5.26. The standard InChI is InChI=1S/C18H33N/c1-6-9-10-16(4)11-12-18(8-3)17(5)13-15-19-14-7-2/h8,10-12,17,19H,6-7,9,13-15H2,1-5H3/b12-11-,16-10+,18-8+. The van der Waals surface area contributed by atoms with E-state index in [4.69, 9.17) is 0 Å². The molecule has 0 aliphatic carbocycles. The predicted molar refractivity (Wildman–Crippen MR) is 88.5 cm³/mol. The summed E-state index contributed by atoms with van der Waals surface area (Å²) in [5.74, 6) is 0.629. The molecule has 0 bridgehead atoms. The molecule has 1 nitrogen and oxygen atoms in total. The highest BCUT2D eigenvalue weighted by atomic mass is 14.8. The first-order chi connectivity index (χ1) is 9.15. The summed E-state index contributed by atoms with van der Waals surface area (Å²) in [6.45, 7) is 13.3. The van der Waals surface area contributed by atoms with Gasteiger partial charge in [-0.25, -0.2) is 0 Å². The van der Waals surface area contributed by atoms with Gasteiger partial charge in [0.2, 0.25) is 0 Å². The fourth-order valence-electron chi connectivity index (χ4n) is 2.00. The second kappa shape index (κ2) is 12.2. The molecule has 0 aromatic rings. The van der Waals surface area contributed by atoms with Crippen LogP contribution < -0.4 is 5.32 Å². The monoisotopic (exact) mass is 263 g/mol. The topological polar surface area (TPSA) is 12.0 Å². The molecule has 0 spiro atoms. The summed E-state index contributed by atoms with van der Waals surface area (Å²) in [7, 11) is 0. The smallest absolute Gasteiger partial charge is 0.00432 e. The minimum absolute atomic E-state index is 0.629. The lowest BCUT2D eigenvalue weighted by atomic mass is 9.96. The Bertz CT molecular complexity index is 297. The van der Waals surface area contributed by atoms with Crippen LogP contribution in [0.25, 0.3) is 0 Å². The summed E-state index contributed by atoms with van der Waals surface area (Å²) >= 11 is 0. The van der Waals surface area contributed by atoms with Gasteiger partial charge in [-0.1, -0.05) is 57.1 Å². The lowest BCUT2D eigenvalue weighted by Gasteiger charge is -2.13. The zero-order valence-corrected chi connectivity index (χ0v) is 13.6. The van der Waals surface area contributed by atoms with E-state index in [2.05, 4.69) is 64.2 Å². The van der Waals surface area contributed by atoms with Crippen molar-refractivity contribution in [2.75, 3.05) is 13.1 Å². The molecule has 0 aromatic heterocycles. The van der Waals surface area contributed by atoms with Gasteiger partial charge in [-0.05, 0) is 57.7 Å². The van der Waals surface area contributed by atoms with Gasteiger partial charge in [-0.15, -0.1) is 0 Å². The molecule has 1 unspecified atom stereocenters. The molecular formula is C18H33N. The van der Waals surface area contributed by atoms with Crippen molar-refractivity contribution >= 4 is 0 Å². The number of hydrogen-bond donors (Lipinski definition) is 1. The zero-order valence-electron chi connectivity index (χ0n) is 13.6.